The first kappa shape index (κ1) is 70.9. The lowest BCUT2D eigenvalue weighted by atomic mass is 9.83. The number of benzene rings is 6. The summed E-state index contributed by atoms with van der Waals surface area (Å²) in [5.41, 5.74) is 16.4. The van der Waals surface area contributed by atoms with Crippen LogP contribution in [0.15, 0.2) is 121 Å². The van der Waals surface area contributed by atoms with Crippen molar-refractivity contribution in [1.29, 1.82) is 0 Å². The Balaban J connectivity index is 0.000000462. The summed E-state index contributed by atoms with van der Waals surface area (Å²) in [6, 6.07) is 41.3. The zero-order chi connectivity index (χ0) is 57.8. The first-order valence-corrected chi connectivity index (χ1v) is 29.5. The van der Waals surface area contributed by atoms with Gasteiger partial charge in [-0.05, 0) is 183 Å². The third-order valence-electron chi connectivity index (χ3n) is 13.6. The van der Waals surface area contributed by atoms with Crippen LogP contribution in [0.4, 0.5) is 10.1 Å². The fraction of sp³-hybridized carbons (Fsp3) is 0.500. The Bertz CT molecular complexity index is 2460. The summed E-state index contributed by atoms with van der Waals surface area (Å²) in [4.78, 5) is 2.52. The highest BCUT2D eigenvalue weighted by Crippen LogP contribution is 2.35. The van der Waals surface area contributed by atoms with Crippen LogP contribution in [-0.4, -0.2) is 13.1 Å². The van der Waals surface area contributed by atoms with Gasteiger partial charge in [-0.15, -0.1) is 0 Å². The van der Waals surface area contributed by atoms with Gasteiger partial charge in [-0.2, -0.15) is 0 Å². The first-order chi connectivity index (χ1) is 35.3. The molecule has 1 heterocycles. The summed E-state index contributed by atoms with van der Waals surface area (Å²) in [6.45, 7) is 50.7. The van der Waals surface area contributed by atoms with Crippen LogP contribution in [0.25, 0.3) is 0 Å². The molecule has 77 heavy (non-hydrogen) atoms. The molecule has 0 N–H and O–H groups in total. The van der Waals surface area contributed by atoms with Gasteiger partial charge in [0.05, 0.1) is 0 Å². The number of hydrogen-bond acceptors (Lipinski definition) is 1. The van der Waals surface area contributed by atoms with Crippen LogP contribution in [0.5, 0.6) is 0 Å². The zero-order valence-corrected chi connectivity index (χ0v) is 53.6. The first-order valence-electron chi connectivity index (χ1n) is 28.3. The molecule has 0 spiro atoms. The average molecular weight is 1110 g/mol. The molecule has 1 fully saturated rings. The van der Waals surface area contributed by atoms with Crippen LogP contribution >= 0.6 is 34.8 Å². The van der Waals surface area contributed by atoms with Gasteiger partial charge in [0.25, 0.3) is 0 Å². The lowest BCUT2D eigenvalue weighted by Gasteiger charge is -2.22. The van der Waals surface area contributed by atoms with Crippen molar-refractivity contribution in [2.75, 3.05) is 18.0 Å². The summed E-state index contributed by atoms with van der Waals surface area (Å²) in [5.74, 6) is 4.04. The van der Waals surface area contributed by atoms with Gasteiger partial charge in [0.1, 0.15) is 5.82 Å². The largest absolute Gasteiger partial charge is 0.371 e. The number of anilines is 1. The van der Waals surface area contributed by atoms with E-state index >= 15 is 0 Å². The van der Waals surface area contributed by atoms with E-state index in [-0.39, 0.29) is 24.1 Å². The molecule has 7 rings (SSSR count). The van der Waals surface area contributed by atoms with Gasteiger partial charge in [-0.25, -0.2) is 4.39 Å². The molecule has 1 aliphatic heterocycles. The Hall–Kier alpha value is -4.08. The molecule has 0 aromatic heterocycles. The molecule has 0 bridgehead atoms. The molecule has 6 aromatic carbocycles. The van der Waals surface area contributed by atoms with E-state index in [1.165, 1.54) is 70.6 Å². The molecule has 1 nitrogen and oxygen atoms in total. The fourth-order valence-corrected chi connectivity index (χ4v) is 10.6. The Morgan fingerprint density at radius 3 is 1.10 bits per heavy atom. The van der Waals surface area contributed by atoms with Crippen molar-refractivity contribution < 1.29 is 4.39 Å². The molecular formula is C72H105Cl3FN. The van der Waals surface area contributed by atoms with E-state index in [0.717, 1.165) is 31.8 Å². The van der Waals surface area contributed by atoms with Crippen LogP contribution in [-0.2, 0) is 10.8 Å². The SMILES string of the molecule is C.CC(C)c1c(Cl)cccc1Cl.CC(C)c1cccc(C(C)C)c1C(C)C.CC(C)c1ccccc1C(C)C.CC(C)c1ccccc1N1CCCC1.Cc1cc(Cl)cc(C(C)(C)C)c1.Cc1cc(F)cc(C(C)(C)C)c1. The predicted molar refractivity (Wildman–Crippen MR) is 347 cm³/mol. The van der Waals surface area contributed by atoms with E-state index in [1.807, 2.05) is 43.3 Å². The summed E-state index contributed by atoms with van der Waals surface area (Å²) < 4.78 is 13.0. The molecule has 0 radical (unpaired) electrons. The van der Waals surface area contributed by atoms with Crippen LogP contribution < -0.4 is 4.90 Å². The van der Waals surface area contributed by atoms with Crippen molar-refractivity contribution in [2.45, 2.75) is 225 Å². The minimum atomic E-state index is -0.139. The molecule has 5 heteroatoms. The second-order valence-electron chi connectivity index (χ2n) is 25.0. The predicted octanol–water partition coefficient (Wildman–Crippen LogP) is 24.5. The van der Waals surface area contributed by atoms with Crippen LogP contribution in [0.2, 0.25) is 15.1 Å². The topological polar surface area (TPSA) is 3.24 Å². The molecule has 0 aliphatic carbocycles. The van der Waals surface area contributed by atoms with Crippen molar-refractivity contribution in [3.63, 3.8) is 0 Å². The van der Waals surface area contributed by atoms with E-state index in [1.54, 1.807) is 17.7 Å². The number of rotatable bonds is 8. The smallest absolute Gasteiger partial charge is 0.123 e. The molecule has 0 unspecified atom stereocenters. The monoisotopic (exact) mass is 1110 g/mol. The third kappa shape index (κ3) is 24.0. The van der Waals surface area contributed by atoms with E-state index in [4.69, 9.17) is 34.8 Å². The molecule has 6 aromatic rings. The standard InChI is InChI=1S/C15H24.C13H19N.C12H18.C11H15Cl.C11H15F.C9H10Cl2.CH4/c1-10(2)13-8-7-9-14(11(3)4)15(13)12(5)6;1-11(2)12-7-3-4-8-13(12)14-9-5-6-10-14;1-9(2)11-7-5-6-8-12(11)10(3)4;2*1-8-5-9(11(2,3)4)7-10(12)6-8;1-6(2)9-7(10)4-3-5-8(9)11;/h7-12H,1-6H3;3-4,7-8,11H,5-6,9-10H2,1-2H3;5-10H,1-4H3;2*5-7H,1-4H3;3-6H,1-2H3;1H4. The van der Waals surface area contributed by atoms with E-state index in [2.05, 4.69) is 223 Å². The minimum absolute atomic E-state index is 0. The van der Waals surface area contributed by atoms with Gasteiger partial charge >= 0.3 is 0 Å². The van der Waals surface area contributed by atoms with Crippen LogP contribution in [0.3, 0.4) is 0 Å². The second-order valence-corrected chi connectivity index (χ2v) is 26.2. The highest BCUT2D eigenvalue weighted by atomic mass is 35.5. The Kier molecular flexibility index (Phi) is 30.9. The summed E-state index contributed by atoms with van der Waals surface area (Å²) in [7, 11) is 0. The maximum absolute atomic E-state index is 13.0. The van der Waals surface area contributed by atoms with Crippen LogP contribution in [0, 0.1) is 19.7 Å². The number of aryl methyl sites for hydroxylation is 2. The van der Waals surface area contributed by atoms with Crippen molar-refractivity contribution >= 4 is 40.5 Å². The molecule has 1 aliphatic rings. The Morgan fingerprint density at radius 1 is 0.403 bits per heavy atom. The third-order valence-corrected chi connectivity index (χ3v) is 14.5. The number of nitrogens with zero attached hydrogens (tertiary/aromatic N) is 1. The highest BCUT2D eigenvalue weighted by Gasteiger charge is 2.19. The fourth-order valence-electron chi connectivity index (χ4n) is 9.46. The summed E-state index contributed by atoms with van der Waals surface area (Å²) in [5, 5.41) is 2.35. The van der Waals surface area contributed by atoms with Gasteiger partial charge in [-0.3, -0.25) is 0 Å². The van der Waals surface area contributed by atoms with E-state index < -0.39 is 0 Å². The van der Waals surface area contributed by atoms with Gasteiger partial charge in [0.2, 0.25) is 0 Å². The molecule has 1 saturated heterocycles. The Morgan fingerprint density at radius 2 is 0.753 bits per heavy atom. The number of halogens is 4. The Labute approximate surface area is 488 Å². The van der Waals surface area contributed by atoms with Crippen LogP contribution in [0.1, 0.15) is 261 Å². The summed E-state index contributed by atoms with van der Waals surface area (Å²) in [6.07, 6.45) is 2.71. The lowest BCUT2D eigenvalue weighted by Crippen LogP contribution is -2.19. The quantitative estimate of drug-likeness (QED) is 0.147. The minimum Gasteiger partial charge on any atom is -0.371 e. The lowest BCUT2D eigenvalue weighted by molar-refractivity contribution is 0.571. The number of para-hydroxylation sites is 1. The molecule has 0 amide bonds. The van der Waals surface area contributed by atoms with E-state index in [9.17, 15) is 4.39 Å². The molecular weight excluding hydrogens is 1000 g/mol. The number of hydrogen-bond donors (Lipinski definition) is 0. The van der Waals surface area contributed by atoms with Crippen molar-refractivity contribution in [3.05, 3.63) is 203 Å². The van der Waals surface area contributed by atoms with Gasteiger partial charge in [0, 0.05) is 33.8 Å². The molecule has 0 atom stereocenters. The summed E-state index contributed by atoms with van der Waals surface area (Å²) >= 11 is 17.8. The normalized spacial score (nSPS) is 12.2. The highest BCUT2D eigenvalue weighted by molar-refractivity contribution is 6.36. The van der Waals surface area contributed by atoms with Crippen molar-refractivity contribution in [3.8, 4) is 0 Å². The van der Waals surface area contributed by atoms with Gasteiger partial charge in [0.15, 0.2) is 0 Å². The second kappa shape index (κ2) is 33.5. The van der Waals surface area contributed by atoms with Gasteiger partial charge in [-0.1, -0.05) is 260 Å². The zero-order valence-electron chi connectivity index (χ0n) is 51.4. The average Bonchev–Trinajstić information content (AvgIpc) is 3.86. The van der Waals surface area contributed by atoms with E-state index in [0.29, 0.717) is 41.4 Å². The maximum Gasteiger partial charge on any atom is 0.123 e. The molecule has 0 saturated carbocycles. The van der Waals surface area contributed by atoms with Crippen molar-refractivity contribution in [1.82, 2.24) is 0 Å². The van der Waals surface area contributed by atoms with Crippen molar-refractivity contribution in [2.24, 2.45) is 0 Å². The maximum atomic E-state index is 13.0. The van der Waals surface area contributed by atoms with Gasteiger partial charge < -0.3 is 4.90 Å². The molecule has 426 valence electrons.